The normalized spacial score (nSPS) is 13.8. The number of rotatable bonds is 4. The van der Waals surface area contributed by atoms with Gasteiger partial charge in [-0.1, -0.05) is 30.3 Å². The number of fused-ring (bicyclic) bond motifs is 1. The minimum absolute atomic E-state index is 0.0960. The Hall–Kier alpha value is -2.10. The Morgan fingerprint density at radius 3 is 2.76 bits per heavy atom. The van der Waals surface area contributed by atoms with E-state index in [4.69, 9.17) is 0 Å². The summed E-state index contributed by atoms with van der Waals surface area (Å²) in [7, 11) is 1.85. The fraction of sp³-hybridized carbons (Fsp3) is 0.412. The van der Waals surface area contributed by atoms with Gasteiger partial charge >= 0.3 is 0 Å². The van der Waals surface area contributed by atoms with Gasteiger partial charge in [-0.05, 0) is 36.8 Å². The van der Waals surface area contributed by atoms with E-state index in [0.29, 0.717) is 13.1 Å². The average molecular weight is 283 g/mol. The Kier molecular flexibility index (Phi) is 4.04. The molecule has 0 saturated heterocycles. The molecule has 0 spiro atoms. The van der Waals surface area contributed by atoms with E-state index in [1.165, 1.54) is 24.1 Å². The summed E-state index contributed by atoms with van der Waals surface area (Å²) in [6, 6.07) is 10.1. The summed E-state index contributed by atoms with van der Waals surface area (Å²) in [5.41, 5.74) is 3.65. The van der Waals surface area contributed by atoms with Crippen LogP contribution in [0.15, 0.2) is 36.5 Å². The number of amides is 1. The number of nitrogens with zero attached hydrogens (tertiary/aromatic N) is 3. The molecule has 1 aromatic heterocycles. The van der Waals surface area contributed by atoms with Gasteiger partial charge in [-0.15, -0.1) is 0 Å². The van der Waals surface area contributed by atoms with E-state index in [9.17, 15) is 4.79 Å². The lowest BCUT2D eigenvalue weighted by molar-refractivity contribution is -0.131. The van der Waals surface area contributed by atoms with Crippen LogP contribution in [0.5, 0.6) is 0 Å². The highest BCUT2D eigenvalue weighted by molar-refractivity contribution is 5.75. The van der Waals surface area contributed by atoms with E-state index in [1.807, 2.05) is 43.6 Å². The van der Waals surface area contributed by atoms with Crippen molar-refractivity contribution in [3.63, 3.8) is 0 Å². The van der Waals surface area contributed by atoms with Gasteiger partial charge in [0.2, 0.25) is 5.91 Å². The van der Waals surface area contributed by atoms with Crippen molar-refractivity contribution in [2.24, 2.45) is 0 Å². The van der Waals surface area contributed by atoms with Crippen LogP contribution in [0.1, 0.15) is 29.7 Å². The first-order valence-electron chi connectivity index (χ1n) is 7.55. The highest BCUT2D eigenvalue weighted by atomic mass is 16.2. The van der Waals surface area contributed by atoms with E-state index in [-0.39, 0.29) is 5.91 Å². The molecule has 1 aliphatic carbocycles. The Balaban J connectivity index is 1.61. The number of carbonyl (C=O) groups excluding carboxylic acids is 1. The number of benzene rings is 1. The molecular weight excluding hydrogens is 262 g/mol. The van der Waals surface area contributed by atoms with Crippen molar-refractivity contribution in [3.05, 3.63) is 53.3 Å². The van der Waals surface area contributed by atoms with Crippen LogP contribution >= 0.6 is 0 Å². The van der Waals surface area contributed by atoms with Crippen molar-refractivity contribution in [2.75, 3.05) is 7.05 Å². The van der Waals surface area contributed by atoms with Crippen molar-refractivity contribution >= 4 is 5.91 Å². The number of likely N-dealkylation sites (N-methyl/N-ethyl adjacent to an activating group) is 1. The van der Waals surface area contributed by atoms with Gasteiger partial charge in [-0.25, -0.2) is 0 Å². The van der Waals surface area contributed by atoms with Gasteiger partial charge in [0.05, 0.1) is 5.69 Å². The fourth-order valence-corrected chi connectivity index (χ4v) is 2.82. The molecule has 0 bridgehead atoms. The quantitative estimate of drug-likeness (QED) is 0.864. The lowest BCUT2D eigenvalue weighted by Gasteiger charge is -2.17. The molecule has 0 unspecified atom stereocenters. The van der Waals surface area contributed by atoms with Crippen molar-refractivity contribution in [2.45, 2.75) is 38.8 Å². The minimum atomic E-state index is 0.0960. The largest absolute Gasteiger partial charge is 0.340 e. The Bertz CT molecular complexity index is 595. The molecule has 0 N–H and O–H groups in total. The maximum atomic E-state index is 12.3. The van der Waals surface area contributed by atoms with E-state index in [0.717, 1.165) is 18.4 Å². The predicted molar refractivity (Wildman–Crippen MR) is 81.8 cm³/mol. The van der Waals surface area contributed by atoms with Gasteiger partial charge in [-0.3, -0.25) is 9.48 Å². The number of carbonyl (C=O) groups is 1. The Labute approximate surface area is 125 Å². The van der Waals surface area contributed by atoms with Gasteiger partial charge < -0.3 is 4.90 Å². The molecule has 110 valence electrons. The average Bonchev–Trinajstić information content (AvgIpc) is 2.90. The summed E-state index contributed by atoms with van der Waals surface area (Å²) in [5.74, 6) is 0.0960. The monoisotopic (exact) mass is 283 g/mol. The highest BCUT2D eigenvalue weighted by Gasteiger charge is 2.16. The smallest absolute Gasteiger partial charge is 0.244 e. The van der Waals surface area contributed by atoms with Crippen LogP contribution in [-0.4, -0.2) is 27.6 Å². The molecule has 1 amide bonds. The van der Waals surface area contributed by atoms with Crippen LogP contribution < -0.4 is 0 Å². The number of hydrogen-bond acceptors (Lipinski definition) is 2. The highest BCUT2D eigenvalue weighted by Crippen LogP contribution is 2.19. The van der Waals surface area contributed by atoms with Gasteiger partial charge in [0, 0.05) is 19.8 Å². The van der Waals surface area contributed by atoms with Gasteiger partial charge in [0.15, 0.2) is 0 Å². The fourth-order valence-electron chi connectivity index (χ4n) is 2.82. The first kappa shape index (κ1) is 13.9. The molecular formula is C17H21N3O. The summed E-state index contributed by atoms with van der Waals surface area (Å²) < 4.78 is 1.81. The van der Waals surface area contributed by atoms with Crippen LogP contribution in [0.4, 0.5) is 0 Å². The second-order valence-corrected chi connectivity index (χ2v) is 5.74. The number of aryl methyl sites for hydroxylation is 2. The van der Waals surface area contributed by atoms with Crippen molar-refractivity contribution in [1.82, 2.24) is 14.7 Å². The molecule has 1 aromatic carbocycles. The summed E-state index contributed by atoms with van der Waals surface area (Å²) in [4.78, 5) is 14.1. The topological polar surface area (TPSA) is 38.1 Å². The van der Waals surface area contributed by atoms with Crippen LogP contribution in [0.2, 0.25) is 0 Å². The van der Waals surface area contributed by atoms with Crippen LogP contribution in [-0.2, 0) is 30.7 Å². The van der Waals surface area contributed by atoms with E-state index < -0.39 is 0 Å². The Morgan fingerprint density at radius 2 is 2.00 bits per heavy atom. The van der Waals surface area contributed by atoms with E-state index in [2.05, 4.69) is 5.10 Å². The first-order chi connectivity index (χ1) is 10.2. The third-order valence-electron chi connectivity index (χ3n) is 4.02. The van der Waals surface area contributed by atoms with Crippen molar-refractivity contribution < 1.29 is 4.79 Å². The van der Waals surface area contributed by atoms with E-state index in [1.54, 1.807) is 9.58 Å². The maximum absolute atomic E-state index is 12.3. The SMILES string of the molecule is CN(Cc1ccccc1)C(=O)Cn1cc2c(n1)CCCC2. The summed E-state index contributed by atoms with van der Waals surface area (Å²) in [6.07, 6.45) is 6.65. The molecule has 0 atom stereocenters. The molecule has 4 heteroatoms. The molecule has 0 aliphatic heterocycles. The zero-order valence-electron chi connectivity index (χ0n) is 12.5. The van der Waals surface area contributed by atoms with Gasteiger partial charge in [0.1, 0.15) is 6.54 Å². The molecule has 2 aromatic rings. The molecule has 0 fully saturated rings. The zero-order chi connectivity index (χ0) is 14.7. The maximum Gasteiger partial charge on any atom is 0.244 e. The number of hydrogen-bond donors (Lipinski definition) is 0. The number of aromatic nitrogens is 2. The van der Waals surface area contributed by atoms with E-state index >= 15 is 0 Å². The molecule has 0 saturated carbocycles. The lowest BCUT2D eigenvalue weighted by Crippen LogP contribution is -2.30. The summed E-state index contributed by atoms with van der Waals surface area (Å²) in [5, 5.41) is 4.55. The third-order valence-corrected chi connectivity index (χ3v) is 4.02. The molecule has 1 heterocycles. The summed E-state index contributed by atoms with van der Waals surface area (Å²) >= 11 is 0. The standard InChI is InChI=1S/C17H21N3O/c1-19(11-14-7-3-2-4-8-14)17(21)13-20-12-15-9-5-6-10-16(15)18-20/h2-4,7-8,12H,5-6,9-11,13H2,1H3. The second kappa shape index (κ2) is 6.12. The van der Waals surface area contributed by atoms with Gasteiger partial charge in [0.25, 0.3) is 0 Å². The predicted octanol–water partition coefficient (Wildman–Crippen LogP) is 2.42. The van der Waals surface area contributed by atoms with Crippen LogP contribution in [0.3, 0.4) is 0 Å². The molecule has 3 rings (SSSR count). The minimum Gasteiger partial charge on any atom is -0.340 e. The molecule has 1 aliphatic rings. The molecule has 0 radical (unpaired) electrons. The Morgan fingerprint density at radius 1 is 1.24 bits per heavy atom. The van der Waals surface area contributed by atoms with Crippen LogP contribution in [0, 0.1) is 0 Å². The molecule has 21 heavy (non-hydrogen) atoms. The van der Waals surface area contributed by atoms with Crippen molar-refractivity contribution in [1.29, 1.82) is 0 Å². The second-order valence-electron chi connectivity index (χ2n) is 5.74. The van der Waals surface area contributed by atoms with Crippen LogP contribution in [0.25, 0.3) is 0 Å². The summed E-state index contributed by atoms with van der Waals surface area (Å²) in [6.45, 7) is 0.969. The first-order valence-corrected chi connectivity index (χ1v) is 7.55. The van der Waals surface area contributed by atoms with Crippen molar-refractivity contribution in [3.8, 4) is 0 Å². The zero-order valence-corrected chi connectivity index (χ0v) is 12.5. The lowest BCUT2D eigenvalue weighted by atomic mass is 9.99. The molecule has 4 nitrogen and oxygen atoms in total. The van der Waals surface area contributed by atoms with Gasteiger partial charge in [-0.2, -0.15) is 5.10 Å². The third kappa shape index (κ3) is 3.32.